The molecule has 0 saturated heterocycles. The molecule has 0 aliphatic carbocycles. The summed E-state index contributed by atoms with van der Waals surface area (Å²) in [7, 11) is 1.95. The molecule has 2 aromatic carbocycles. The molecule has 0 aliphatic heterocycles. The number of nitrogens with zero attached hydrogens (tertiary/aromatic N) is 3. The van der Waals surface area contributed by atoms with Crippen LogP contribution in [-0.2, 0) is 7.05 Å². The van der Waals surface area contributed by atoms with Crippen molar-refractivity contribution >= 4 is 5.69 Å². The number of aliphatic hydroxyl groups excluding tert-OH is 1. The Morgan fingerprint density at radius 2 is 1.88 bits per heavy atom. The lowest BCUT2D eigenvalue weighted by Gasteiger charge is -2.14. The van der Waals surface area contributed by atoms with Crippen molar-refractivity contribution in [1.82, 2.24) is 14.8 Å². The molecule has 1 unspecified atom stereocenters. The molecular weight excluding hydrogens is 300 g/mol. The molecule has 0 bridgehead atoms. The highest BCUT2D eigenvalue weighted by Gasteiger charge is 2.10. The zero-order chi connectivity index (χ0) is 17.1. The molecule has 24 heavy (non-hydrogen) atoms. The number of benzene rings is 2. The van der Waals surface area contributed by atoms with E-state index >= 15 is 0 Å². The lowest BCUT2D eigenvalue weighted by Crippen LogP contribution is -2.12. The highest BCUT2D eigenvalue weighted by molar-refractivity contribution is 5.62. The first-order valence-electron chi connectivity index (χ1n) is 7.99. The maximum absolute atomic E-state index is 10.4. The van der Waals surface area contributed by atoms with Gasteiger partial charge >= 0.3 is 0 Å². The first-order chi connectivity index (χ1) is 11.5. The predicted molar refractivity (Wildman–Crippen MR) is 95.8 cm³/mol. The summed E-state index contributed by atoms with van der Waals surface area (Å²) in [5, 5.41) is 22.0. The highest BCUT2D eigenvalue weighted by Crippen LogP contribution is 2.22. The standard InChI is InChI=1S/C19H22N4O/c1-13-6-4-7-15(10-13)18(24)12-20-17-9-5-8-16(11-17)19-22-21-14(2)23(19)3/h4-11,18,20,24H,12H2,1-3H3. The summed E-state index contributed by atoms with van der Waals surface area (Å²) < 4.78 is 1.96. The summed E-state index contributed by atoms with van der Waals surface area (Å²) in [4.78, 5) is 0. The van der Waals surface area contributed by atoms with E-state index < -0.39 is 6.10 Å². The maximum atomic E-state index is 10.4. The Morgan fingerprint density at radius 3 is 2.58 bits per heavy atom. The molecule has 1 aromatic heterocycles. The Bertz CT molecular complexity index is 841. The second kappa shape index (κ2) is 6.84. The van der Waals surface area contributed by atoms with Crippen LogP contribution in [0, 0.1) is 13.8 Å². The van der Waals surface area contributed by atoms with Crippen LogP contribution in [0.5, 0.6) is 0 Å². The zero-order valence-electron chi connectivity index (χ0n) is 14.2. The molecule has 0 radical (unpaired) electrons. The van der Waals surface area contributed by atoms with Gasteiger partial charge in [0.15, 0.2) is 5.82 Å². The van der Waals surface area contributed by atoms with Gasteiger partial charge in [-0.25, -0.2) is 0 Å². The minimum Gasteiger partial charge on any atom is -0.387 e. The second-order valence-corrected chi connectivity index (χ2v) is 6.02. The molecule has 0 aliphatic rings. The number of aryl methyl sites for hydroxylation is 2. The van der Waals surface area contributed by atoms with Gasteiger partial charge in [0.2, 0.25) is 0 Å². The number of aliphatic hydroxyl groups is 1. The third-order valence-corrected chi connectivity index (χ3v) is 4.14. The van der Waals surface area contributed by atoms with Crippen molar-refractivity contribution < 1.29 is 5.11 Å². The summed E-state index contributed by atoms with van der Waals surface area (Å²) in [6.07, 6.45) is -0.550. The Balaban J connectivity index is 1.72. The van der Waals surface area contributed by atoms with E-state index in [1.807, 2.05) is 74.0 Å². The number of rotatable bonds is 5. The van der Waals surface area contributed by atoms with Crippen molar-refractivity contribution in [3.63, 3.8) is 0 Å². The van der Waals surface area contributed by atoms with Crippen LogP contribution in [-0.4, -0.2) is 26.4 Å². The third-order valence-electron chi connectivity index (χ3n) is 4.14. The van der Waals surface area contributed by atoms with Gasteiger partial charge in [0.05, 0.1) is 6.10 Å². The molecule has 2 N–H and O–H groups in total. The van der Waals surface area contributed by atoms with Crippen molar-refractivity contribution in [2.75, 3.05) is 11.9 Å². The number of hydrogen-bond acceptors (Lipinski definition) is 4. The molecule has 0 saturated carbocycles. The van der Waals surface area contributed by atoms with Gasteiger partial charge in [0, 0.05) is 24.8 Å². The van der Waals surface area contributed by atoms with E-state index in [-0.39, 0.29) is 0 Å². The predicted octanol–water partition coefficient (Wildman–Crippen LogP) is 3.24. The number of anilines is 1. The third kappa shape index (κ3) is 3.46. The maximum Gasteiger partial charge on any atom is 0.163 e. The van der Waals surface area contributed by atoms with E-state index in [1.165, 1.54) is 0 Å². The van der Waals surface area contributed by atoms with Crippen LogP contribution in [0.15, 0.2) is 48.5 Å². The van der Waals surface area contributed by atoms with E-state index in [0.29, 0.717) is 6.54 Å². The van der Waals surface area contributed by atoms with Crippen LogP contribution in [0.25, 0.3) is 11.4 Å². The molecular formula is C19H22N4O. The van der Waals surface area contributed by atoms with Crippen LogP contribution in [0.4, 0.5) is 5.69 Å². The fourth-order valence-electron chi connectivity index (χ4n) is 2.64. The molecule has 0 spiro atoms. The summed E-state index contributed by atoms with van der Waals surface area (Å²) >= 11 is 0. The molecule has 1 atom stereocenters. The van der Waals surface area contributed by atoms with E-state index in [1.54, 1.807) is 0 Å². The first-order valence-corrected chi connectivity index (χ1v) is 7.99. The number of aromatic nitrogens is 3. The Kier molecular flexibility index (Phi) is 4.62. The van der Waals surface area contributed by atoms with Gasteiger partial charge in [0.1, 0.15) is 5.82 Å². The Hall–Kier alpha value is -2.66. The molecule has 124 valence electrons. The largest absolute Gasteiger partial charge is 0.387 e. The minimum atomic E-state index is -0.550. The van der Waals surface area contributed by atoms with E-state index in [0.717, 1.165) is 34.0 Å². The molecule has 1 heterocycles. The molecule has 0 amide bonds. The van der Waals surface area contributed by atoms with E-state index in [4.69, 9.17) is 0 Å². The highest BCUT2D eigenvalue weighted by atomic mass is 16.3. The summed E-state index contributed by atoms with van der Waals surface area (Å²) in [5.74, 6) is 1.70. The van der Waals surface area contributed by atoms with E-state index in [2.05, 4.69) is 15.5 Å². The average Bonchev–Trinajstić information content (AvgIpc) is 2.92. The average molecular weight is 322 g/mol. The lowest BCUT2D eigenvalue weighted by atomic mass is 10.1. The van der Waals surface area contributed by atoms with Crippen LogP contribution >= 0.6 is 0 Å². The SMILES string of the molecule is Cc1cccc(C(O)CNc2cccc(-c3nnc(C)n3C)c2)c1. The van der Waals surface area contributed by atoms with Crippen LogP contribution < -0.4 is 5.32 Å². The molecule has 5 heteroatoms. The van der Waals surface area contributed by atoms with Gasteiger partial charge in [-0.2, -0.15) is 0 Å². The molecule has 3 aromatic rings. The van der Waals surface area contributed by atoms with Crippen molar-refractivity contribution in [2.45, 2.75) is 20.0 Å². The van der Waals surface area contributed by atoms with Crippen molar-refractivity contribution in [1.29, 1.82) is 0 Å². The first kappa shape index (κ1) is 16.2. The monoisotopic (exact) mass is 322 g/mol. The van der Waals surface area contributed by atoms with Gasteiger partial charge in [-0.3, -0.25) is 0 Å². The molecule has 5 nitrogen and oxygen atoms in total. The topological polar surface area (TPSA) is 63.0 Å². The van der Waals surface area contributed by atoms with E-state index in [9.17, 15) is 5.11 Å². The van der Waals surface area contributed by atoms with Crippen molar-refractivity contribution in [3.05, 3.63) is 65.5 Å². The van der Waals surface area contributed by atoms with Crippen molar-refractivity contribution in [3.8, 4) is 11.4 Å². The summed E-state index contributed by atoms with van der Waals surface area (Å²) in [5.41, 5.74) is 4.00. The quantitative estimate of drug-likeness (QED) is 0.757. The van der Waals surface area contributed by atoms with Gasteiger partial charge in [0.25, 0.3) is 0 Å². The van der Waals surface area contributed by atoms with Crippen LogP contribution in [0.2, 0.25) is 0 Å². The molecule has 0 fully saturated rings. The lowest BCUT2D eigenvalue weighted by molar-refractivity contribution is 0.191. The Morgan fingerprint density at radius 1 is 1.08 bits per heavy atom. The molecule has 3 rings (SSSR count). The van der Waals surface area contributed by atoms with Gasteiger partial charge in [-0.05, 0) is 31.5 Å². The van der Waals surface area contributed by atoms with Gasteiger partial charge in [-0.1, -0.05) is 42.0 Å². The summed E-state index contributed by atoms with van der Waals surface area (Å²) in [6, 6.07) is 15.9. The number of hydrogen-bond donors (Lipinski definition) is 2. The van der Waals surface area contributed by atoms with Crippen LogP contribution in [0.1, 0.15) is 23.1 Å². The normalized spacial score (nSPS) is 12.2. The van der Waals surface area contributed by atoms with Crippen LogP contribution in [0.3, 0.4) is 0 Å². The summed E-state index contributed by atoms with van der Waals surface area (Å²) in [6.45, 7) is 4.40. The fourth-order valence-corrected chi connectivity index (χ4v) is 2.64. The van der Waals surface area contributed by atoms with Crippen molar-refractivity contribution in [2.24, 2.45) is 7.05 Å². The Labute approximate surface area is 142 Å². The van der Waals surface area contributed by atoms with Gasteiger partial charge < -0.3 is 15.0 Å². The minimum absolute atomic E-state index is 0.449. The number of nitrogens with one attached hydrogen (secondary N) is 1. The smallest absolute Gasteiger partial charge is 0.163 e. The second-order valence-electron chi connectivity index (χ2n) is 6.02. The zero-order valence-corrected chi connectivity index (χ0v) is 14.2. The fraction of sp³-hybridized carbons (Fsp3) is 0.263. The van der Waals surface area contributed by atoms with Gasteiger partial charge in [-0.15, -0.1) is 10.2 Å².